The van der Waals surface area contributed by atoms with E-state index in [2.05, 4.69) is 12.2 Å². The predicted molar refractivity (Wildman–Crippen MR) is 67.9 cm³/mol. The Balaban J connectivity index is 2.49. The molecule has 0 aliphatic heterocycles. The van der Waals surface area contributed by atoms with Gasteiger partial charge >= 0.3 is 0 Å². The molecule has 0 aliphatic carbocycles. The molecule has 0 fully saturated rings. The number of nitrogens with zero attached hydrogens (tertiary/aromatic N) is 1. The van der Waals surface area contributed by atoms with Crippen LogP contribution in [0.25, 0.3) is 0 Å². The number of carbonyl (C=O) groups is 1. The molecule has 0 aromatic carbocycles. The quantitative estimate of drug-likeness (QED) is 0.759. The molecule has 1 atom stereocenters. The fourth-order valence-corrected chi connectivity index (χ4v) is 1.74. The second-order valence-electron chi connectivity index (χ2n) is 4.41. The van der Waals surface area contributed by atoms with Crippen molar-refractivity contribution >= 4 is 5.91 Å². The highest BCUT2D eigenvalue weighted by Gasteiger charge is 2.11. The van der Waals surface area contributed by atoms with E-state index in [4.69, 9.17) is 5.11 Å². The van der Waals surface area contributed by atoms with Crippen LogP contribution < -0.4 is 5.32 Å². The maximum absolute atomic E-state index is 11.9. The fourth-order valence-electron chi connectivity index (χ4n) is 1.74. The molecule has 1 aromatic heterocycles. The van der Waals surface area contributed by atoms with Gasteiger partial charge in [-0.3, -0.25) is 4.79 Å². The van der Waals surface area contributed by atoms with Gasteiger partial charge in [-0.2, -0.15) is 0 Å². The van der Waals surface area contributed by atoms with Gasteiger partial charge in [0.15, 0.2) is 0 Å². The van der Waals surface area contributed by atoms with Crippen molar-refractivity contribution < 1.29 is 9.90 Å². The zero-order valence-electron chi connectivity index (χ0n) is 10.6. The molecule has 1 heterocycles. The molecule has 0 aliphatic rings. The first kappa shape index (κ1) is 13.8. The average molecular weight is 238 g/mol. The summed E-state index contributed by atoms with van der Waals surface area (Å²) < 4.78 is 1.96. The molecule has 4 nitrogen and oxygen atoms in total. The normalized spacial score (nSPS) is 12.4. The molecule has 96 valence electrons. The number of nitrogens with one attached hydrogen (secondary N) is 1. The van der Waals surface area contributed by atoms with Gasteiger partial charge in [0.2, 0.25) is 0 Å². The van der Waals surface area contributed by atoms with E-state index < -0.39 is 0 Å². The van der Waals surface area contributed by atoms with Crippen LogP contribution in [0.1, 0.15) is 37.2 Å². The van der Waals surface area contributed by atoms with Crippen molar-refractivity contribution in [3.63, 3.8) is 0 Å². The summed E-state index contributed by atoms with van der Waals surface area (Å²) in [7, 11) is 0. The molecule has 2 N–H and O–H groups in total. The van der Waals surface area contributed by atoms with Crippen molar-refractivity contribution in [3.8, 4) is 0 Å². The van der Waals surface area contributed by atoms with E-state index in [0.717, 1.165) is 19.4 Å². The van der Waals surface area contributed by atoms with Gasteiger partial charge in [-0.05, 0) is 30.9 Å². The highest BCUT2D eigenvalue weighted by molar-refractivity contribution is 5.92. The number of carbonyl (C=O) groups excluding carboxylic acids is 1. The van der Waals surface area contributed by atoms with Crippen LogP contribution in [0.2, 0.25) is 0 Å². The van der Waals surface area contributed by atoms with Gasteiger partial charge < -0.3 is 15.0 Å². The third-order valence-corrected chi connectivity index (χ3v) is 2.76. The maximum atomic E-state index is 11.9. The lowest BCUT2D eigenvalue weighted by atomic mass is 10.1. The summed E-state index contributed by atoms with van der Waals surface area (Å²) in [4.78, 5) is 11.9. The maximum Gasteiger partial charge on any atom is 0.267 e. The van der Waals surface area contributed by atoms with Gasteiger partial charge in [0.1, 0.15) is 5.69 Å². The number of aliphatic hydroxyl groups excluding tert-OH is 1. The molecule has 1 rings (SSSR count). The van der Waals surface area contributed by atoms with E-state index >= 15 is 0 Å². The smallest absolute Gasteiger partial charge is 0.267 e. The first-order valence-corrected chi connectivity index (χ1v) is 6.23. The number of hydrogen-bond donors (Lipinski definition) is 2. The summed E-state index contributed by atoms with van der Waals surface area (Å²) in [5.41, 5.74) is 0.711. The van der Waals surface area contributed by atoms with E-state index in [1.165, 1.54) is 0 Å². The highest BCUT2D eigenvalue weighted by Crippen LogP contribution is 2.04. The lowest BCUT2D eigenvalue weighted by molar-refractivity contribution is 0.0936. The Bertz CT molecular complexity index is 347. The Kier molecular flexibility index (Phi) is 5.77. The summed E-state index contributed by atoms with van der Waals surface area (Å²) in [5.74, 6) is 0.270. The number of hydrogen-bond acceptors (Lipinski definition) is 2. The minimum absolute atomic E-state index is 0.0340. The largest absolute Gasteiger partial charge is 0.396 e. The minimum Gasteiger partial charge on any atom is -0.396 e. The Morgan fingerprint density at radius 1 is 1.59 bits per heavy atom. The second kappa shape index (κ2) is 7.12. The number of aromatic nitrogens is 1. The SMILES string of the molecule is CCCn1cccc1C(=O)NCC(C)CCO. The fraction of sp³-hybridized carbons (Fsp3) is 0.615. The topological polar surface area (TPSA) is 54.3 Å². The van der Waals surface area contributed by atoms with Crippen molar-refractivity contribution in [1.29, 1.82) is 0 Å². The Labute approximate surface area is 103 Å². The monoisotopic (exact) mass is 238 g/mol. The van der Waals surface area contributed by atoms with Crippen LogP contribution in [-0.4, -0.2) is 28.7 Å². The van der Waals surface area contributed by atoms with Crippen LogP contribution >= 0.6 is 0 Å². The molecular weight excluding hydrogens is 216 g/mol. The van der Waals surface area contributed by atoms with Gasteiger partial charge in [-0.25, -0.2) is 0 Å². The molecule has 17 heavy (non-hydrogen) atoms. The summed E-state index contributed by atoms with van der Waals surface area (Å²) in [6, 6.07) is 3.73. The van der Waals surface area contributed by atoms with Gasteiger partial charge in [0.05, 0.1) is 0 Å². The second-order valence-corrected chi connectivity index (χ2v) is 4.41. The molecule has 4 heteroatoms. The van der Waals surface area contributed by atoms with E-state index in [0.29, 0.717) is 18.2 Å². The molecule has 1 aromatic rings. The van der Waals surface area contributed by atoms with Crippen LogP contribution in [0, 0.1) is 5.92 Å². The van der Waals surface area contributed by atoms with Gasteiger partial charge in [-0.1, -0.05) is 13.8 Å². The molecule has 0 radical (unpaired) electrons. The number of amides is 1. The van der Waals surface area contributed by atoms with Gasteiger partial charge in [0.25, 0.3) is 5.91 Å². The van der Waals surface area contributed by atoms with Gasteiger partial charge in [0, 0.05) is 25.9 Å². The number of rotatable bonds is 7. The van der Waals surface area contributed by atoms with Crippen LogP contribution in [0.4, 0.5) is 0 Å². The van der Waals surface area contributed by atoms with Crippen molar-refractivity contribution in [2.24, 2.45) is 5.92 Å². The molecule has 0 saturated carbocycles. The average Bonchev–Trinajstić information content (AvgIpc) is 2.75. The number of aryl methyl sites for hydroxylation is 1. The van der Waals surface area contributed by atoms with E-state index in [1.54, 1.807) is 0 Å². The van der Waals surface area contributed by atoms with E-state index in [9.17, 15) is 4.79 Å². The molecule has 1 unspecified atom stereocenters. The summed E-state index contributed by atoms with van der Waals surface area (Å²) in [6.07, 6.45) is 3.65. The van der Waals surface area contributed by atoms with Crippen LogP contribution in [0.5, 0.6) is 0 Å². The number of aliphatic hydroxyl groups is 1. The molecule has 0 saturated heterocycles. The van der Waals surface area contributed by atoms with Crippen molar-refractivity contribution in [1.82, 2.24) is 9.88 Å². The zero-order chi connectivity index (χ0) is 12.7. The molecule has 0 bridgehead atoms. The highest BCUT2D eigenvalue weighted by atomic mass is 16.3. The lowest BCUT2D eigenvalue weighted by Gasteiger charge is -2.12. The van der Waals surface area contributed by atoms with Crippen LogP contribution in [0.3, 0.4) is 0 Å². The zero-order valence-corrected chi connectivity index (χ0v) is 10.6. The first-order valence-electron chi connectivity index (χ1n) is 6.23. The minimum atomic E-state index is -0.0340. The van der Waals surface area contributed by atoms with E-state index in [-0.39, 0.29) is 12.5 Å². The third-order valence-electron chi connectivity index (χ3n) is 2.76. The summed E-state index contributed by atoms with van der Waals surface area (Å²) in [5, 5.41) is 11.7. The summed E-state index contributed by atoms with van der Waals surface area (Å²) in [6.45, 7) is 5.74. The Morgan fingerprint density at radius 2 is 2.35 bits per heavy atom. The molecule has 1 amide bonds. The summed E-state index contributed by atoms with van der Waals surface area (Å²) >= 11 is 0. The van der Waals surface area contributed by atoms with Crippen molar-refractivity contribution in [2.45, 2.75) is 33.2 Å². The Hall–Kier alpha value is -1.29. The Morgan fingerprint density at radius 3 is 3.00 bits per heavy atom. The van der Waals surface area contributed by atoms with E-state index in [1.807, 2.05) is 29.8 Å². The third kappa shape index (κ3) is 4.23. The van der Waals surface area contributed by atoms with Crippen LogP contribution in [0.15, 0.2) is 18.3 Å². The first-order chi connectivity index (χ1) is 8.19. The van der Waals surface area contributed by atoms with Gasteiger partial charge in [-0.15, -0.1) is 0 Å². The lowest BCUT2D eigenvalue weighted by Crippen LogP contribution is -2.30. The predicted octanol–water partition coefficient (Wildman–Crippen LogP) is 1.65. The van der Waals surface area contributed by atoms with Crippen molar-refractivity contribution in [2.75, 3.05) is 13.2 Å². The van der Waals surface area contributed by atoms with Crippen LogP contribution in [-0.2, 0) is 6.54 Å². The molecular formula is C13H22N2O2. The molecule has 0 spiro atoms. The van der Waals surface area contributed by atoms with Crippen molar-refractivity contribution in [3.05, 3.63) is 24.0 Å². The standard InChI is InChI=1S/C13H22N2O2/c1-3-7-15-8-4-5-12(15)13(17)14-10-11(2)6-9-16/h4-5,8,11,16H,3,6-7,9-10H2,1-2H3,(H,14,17).